The molecule has 0 N–H and O–H groups in total. The Hall–Kier alpha value is -3.33. The van der Waals surface area contributed by atoms with E-state index in [0.717, 1.165) is 18.4 Å². The molecule has 2 saturated heterocycles. The van der Waals surface area contributed by atoms with E-state index in [0.29, 0.717) is 37.2 Å². The lowest BCUT2D eigenvalue weighted by Crippen LogP contribution is -2.37. The third-order valence-corrected chi connectivity index (χ3v) is 6.17. The molecule has 30 heavy (non-hydrogen) atoms. The van der Waals surface area contributed by atoms with Gasteiger partial charge >= 0.3 is 6.09 Å². The molecule has 0 saturated carbocycles. The summed E-state index contributed by atoms with van der Waals surface area (Å²) in [5.41, 5.74) is 1.52. The van der Waals surface area contributed by atoms with Gasteiger partial charge in [0.1, 0.15) is 5.60 Å². The predicted octanol–water partition coefficient (Wildman–Crippen LogP) is 4.14. The Kier molecular flexibility index (Phi) is 5.45. The van der Waals surface area contributed by atoms with Crippen molar-refractivity contribution in [1.82, 2.24) is 9.80 Å². The van der Waals surface area contributed by atoms with E-state index >= 15 is 0 Å². The molecule has 0 radical (unpaired) electrons. The number of ether oxygens (including phenoxy) is 1. The van der Waals surface area contributed by atoms with Crippen molar-refractivity contribution in [2.75, 3.05) is 19.6 Å². The van der Waals surface area contributed by atoms with Crippen molar-refractivity contribution in [2.45, 2.75) is 37.8 Å². The van der Waals surface area contributed by atoms with Gasteiger partial charge in [-0.05, 0) is 43.5 Å². The molecule has 1 spiro atoms. The fourth-order valence-electron chi connectivity index (χ4n) is 4.39. The van der Waals surface area contributed by atoms with Crippen LogP contribution in [0.3, 0.4) is 0 Å². The minimum atomic E-state index is -0.552. The minimum absolute atomic E-state index is 0.0622. The highest BCUT2D eigenvalue weighted by Crippen LogP contribution is 2.37. The van der Waals surface area contributed by atoms with Gasteiger partial charge in [-0.15, -0.1) is 0 Å². The highest BCUT2D eigenvalue weighted by atomic mass is 16.6. The normalized spacial score (nSPS) is 22.3. The largest absolute Gasteiger partial charge is 0.441 e. The summed E-state index contributed by atoms with van der Waals surface area (Å²) in [5.74, 6) is -0.0806. The van der Waals surface area contributed by atoms with Crippen molar-refractivity contribution in [3.63, 3.8) is 0 Å². The summed E-state index contributed by atoms with van der Waals surface area (Å²) in [7, 11) is 0. The summed E-state index contributed by atoms with van der Waals surface area (Å²) in [4.78, 5) is 29.2. The molecule has 2 fully saturated rings. The quantitative estimate of drug-likeness (QED) is 0.772. The number of carbonyl (C=O) groups is 2. The van der Waals surface area contributed by atoms with Crippen LogP contribution in [0.1, 0.15) is 53.7 Å². The highest BCUT2D eigenvalue weighted by Gasteiger charge is 2.47. The van der Waals surface area contributed by atoms with E-state index in [2.05, 4.69) is 6.07 Å². The minimum Gasteiger partial charge on any atom is -0.441 e. The molecule has 0 aromatic heterocycles. The third-order valence-electron chi connectivity index (χ3n) is 6.17. The number of rotatable bonds is 3. The Bertz CT molecular complexity index is 985. The predicted molar refractivity (Wildman–Crippen MR) is 112 cm³/mol. The van der Waals surface area contributed by atoms with Crippen molar-refractivity contribution >= 4 is 12.0 Å². The van der Waals surface area contributed by atoms with Gasteiger partial charge in [-0.2, -0.15) is 5.26 Å². The van der Waals surface area contributed by atoms with E-state index in [9.17, 15) is 9.59 Å². The molecule has 2 atom stereocenters. The standard InChI is InChI=1S/C24H25N3O3/c1-18(20-8-3-2-4-9-20)27-17-24(30-23(27)29)11-6-13-26(14-12-24)22(28)21-10-5-7-19(15-21)16-25/h2-5,7-10,15,18H,6,11-14,17H2,1H3/t18-,24+/m1/s1. The summed E-state index contributed by atoms with van der Waals surface area (Å²) in [5, 5.41) is 9.09. The topological polar surface area (TPSA) is 73.6 Å². The van der Waals surface area contributed by atoms with Gasteiger partial charge in [0.15, 0.2) is 0 Å². The molecule has 4 rings (SSSR count). The van der Waals surface area contributed by atoms with Gasteiger partial charge in [0.25, 0.3) is 5.91 Å². The molecule has 6 nitrogen and oxygen atoms in total. The molecule has 0 aliphatic carbocycles. The Labute approximate surface area is 176 Å². The van der Waals surface area contributed by atoms with E-state index in [-0.39, 0.29) is 18.0 Å². The van der Waals surface area contributed by atoms with Crippen LogP contribution in [0.25, 0.3) is 0 Å². The second-order valence-corrected chi connectivity index (χ2v) is 8.10. The molecular weight excluding hydrogens is 378 g/mol. The van der Waals surface area contributed by atoms with E-state index in [4.69, 9.17) is 10.00 Å². The fourth-order valence-corrected chi connectivity index (χ4v) is 4.39. The second-order valence-electron chi connectivity index (χ2n) is 8.10. The first-order valence-electron chi connectivity index (χ1n) is 10.4. The Morgan fingerprint density at radius 3 is 2.70 bits per heavy atom. The average molecular weight is 403 g/mol. The number of nitriles is 1. The number of carbonyl (C=O) groups excluding carboxylic acids is 2. The van der Waals surface area contributed by atoms with Crippen molar-refractivity contribution < 1.29 is 14.3 Å². The van der Waals surface area contributed by atoms with Crippen molar-refractivity contribution in [2.24, 2.45) is 0 Å². The van der Waals surface area contributed by atoms with Gasteiger partial charge in [-0.3, -0.25) is 9.69 Å². The Morgan fingerprint density at radius 1 is 1.13 bits per heavy atom. The van der Waals surface area contributed by atoms with E-state index in [1.807, 2.05) is 42.2 Å². The first kappa shape index (κ1) is 20.0. The van der Waals surface area contributed by atoms with Crippen LogP contribution >= 0.6 is 0 Å². The average Bonchev–Trinajstić information content (AvgIpc) is 2.97. The lowest BCUT2D eigenvalue weighted by molar-refractivity contribution is 0.0438. The van der Waals surface area contributed by atoms with E-state index in [1.54, 1.807) is 29.2 Å². The number of amides is 2. The maximum Gasteiger partial charge on any atom is 0.411 e. The molecule has 2 heterocycles. The van der Waals surface area contributed by atoms with Crippen LogP contribution < -0.4 is 0 Å². The van der Waals surface area contributed by atoms with E-state index in [1.165, 1.54) is 0 Å². The summed E-state index contributed by atoms with van der Waals surface area (Å²) >= 11 is 0. The number of hydrogen-bond donors (Lipinski definition) is 0. The van der Waals surface area contributed by atoms with Crippen molar-refractivity contribution in [3.8, 4) is 6.07 Å². The van der Waals surface area contributed by atoms with Gasteiger partial charge in [-0.25, -0.2) is 4.79 Å². The SMILES string of the molecule is C[C@H](c1ccccc1)N1C[C@@]2(CCCN(C(=O)c3cccc(C#N)c3)CC2)OC1=O. The number of likely N-dealkylation sites (tertiary alicyclic amines) is 1. The molecule has 2 aliphatic heterocycles. The second kappa shape index (κ2) is 8.19. The molecule has 6 heteroatoms. The molecule has 0 bridgehead atoms. The molecule has 2 aromatic carbocycles. The van der Waals surface area contributed by atoms with Gasteiger partial charge in [-0.1, -0.05) is 36.4 Å². The van der Waals surface area contributed by atoms with Crippen molar-refractivity contribution in [1.29, 1.82) is 5.26 Å². The van der Waals surface area contributed by atoms with Crippen LogP contribution in [-0.2, 0) is 4.74 Å². The van der Waals surface area contributed by atoms with Gasteiger partial charge in [0, 0.05) is 25.1 Å². The van der Waals surface area contributed by atoms with Crippen LogP contribution in [0.4, 0.5) is 4.79 Å². The first-order valence-corrected chi connectivity index (χ1v) is 10.4. The van der Waals surface area contributed by atoms with Gasteiger partial charge in [0.2, 0.25) is 0 Å². The van der Waals surface area contributed by atoms with Gasteiger partial charge in [0.05, 0.1) is 24.2 Å². The number of benzene rings is 2. The summed E-state index contributed by atoms with van der Waals surface area (Å²) in [6.45, 7) is 3.69. The summed E-state index contributed by atoms with van der Waals surface area (Å²) < 4.78 is 5.90. The summed E-state index contributed by atoms with van der Waals surface area (Å²) in [6.07, 6.45) is 1.83. The summed E-state index contributed by atoms with van der Waals surface area (Å²) in [6, 6.07) is 18.7. The lowest BCUT2D eigenvalue weighted by atomic mass is 9.94. The zero-order valence-corrected chi connectivity index (χ0v) is 17.1. The fraction of sp³-hybridized carbons (Fsp3) is 0.375. The molecular formula is C24H25N3O3. The Morgan fingerprint density at radius 2 is 1.93 bits per heavy atom. The first-order chi connectivity index (χ1) is 14.5. The van der Waals surface area contributed by atoms with Crippen LogP contribution in [0, 0.1) is 11.3 Å². The maximum atomic E-state index is 12.9. The maximum absolute atomic E-state index is 12.9. The smallest absolute Gasteiger partial charge is 0.411 e. The monoisotopic (exact) mass is 403 g/mol. The highest BCUT2D eigenvalue weighted by molar-refractivity contribution is 5.94. The van der Waals surface area contributed by atoms with Crippen LogP contribution in [-0.4, -0.2) is 47.0 Å². The lowest BCUT2D eigenvalue weighted by Gasteiger charge is -2.27. The zero-order valence-electron chi connectivity index (χ0n) is 17.1. The molecule has 0 unspecified atom stereocenters. The zero-order chi connectivity index (χ0) is 21.1. The van der Waals surface area contributed by atoms with E-state index < -0.39 is 5.60 Å². The van der Waals surface area contributed by atoms with Crippen LogP contribution in [0.5, 0.6) is 0 Å². The molecule has 2 aliphatic rings. The van der Waals surface area contributed by atoms with Crippen molar-refractivity contribution in [3.05, 3.63) is 71.3 Å². The van der Waals surface area contributed by atoms with Crippen LogP contribution in [0.2, 0.25) is 0 Å². The molecule has 154 valence electrons. The van der Waals surface area contributed by atoms with Crippen LogP contribution in [0.15, 0.2) is 54.6 Å². The molecule has 2 amide bonds. The third kappa shape index (κ3) is 3.88. The number of nitrogens with zero attached hydrogens (tertiary/aromatic N) is 3. The number of hydrogen-bond acceptors (Lipinski definition) is 4. The molecule has 2 aromatic rings. The van der Waals surface area contributed by atoms with Gasteiger partial charge < -0.3 is 9.64 Å². The Balaban J connectivity index is 1.45.